The third-order valence-electron chi connectivity index (χ3n) is 4.30. The van der Waals surface area contributed by atoms with E-state index >= 15 is 0 Å². The van der Waals surface area contributed by atoms with E-state index in [4.69, 9.17) is 21.1 Å². The van der Waals surface area contributed by atoms with Crippen molar-refractivity contribution in [3.8, 4) is 16.9 Å². The van der Waals surface area contributed by atoms with Crippen LogP contribution in [0, 0.1) is 6.92 Å². The van der Waals surface area contributed by atoms with E-state index < -0.39 is 0 Å². The Morgan fingerprint density at radius 1 is 1.19 bits per heavy atom. The molecule has 0 spiro atoms. The van der Waals surface area contributed by atoms with Crippen LogP contribution in [0.5, 0.6) is 5.75 Å². The highest BCUT2D eigenvalue weighted by atomic mass is 35.5. The molecule has 0 saturated heterocycles. The Morgan fingerprint density at radius 2 is 1.88 bits per heavy atom. The Morgan fingerprint density at radius 3 is 2.50 bits per heavy atom. The molecular weight excluding hydrogens is 350 g/mol. The maximum atomic E-state index is 12.7. The van der Waals surface area contributed by atoms with Crippen LogP contribution in [0.3, 0.4) is 0 Å². The summed E-state index contributed by atoms with van der Waals surface area (Å²) in [6.07, 6.45) is 2.52. The van der Waals surface area contributed by atoms with Crippen molar-refractivity contribution in [3.63, 3.8) is 0 Å². The number of halogens is 1. The summed E-state index contributed by atoms with van der Waals surface area (Å²) in [7, 11) is 1.61. The third kappa shape index (κ3) is 5.12. The van der Waals surface area contributed by atoms with E-state index in [0.717, 1.165) is 23.1 Å². The number of aryl methyl sites for hydroxylation is 1. The number of rotatable bonds is 6. The summed E-state index contributed by atoms with van der Waals surface area (Å²) in [5, 5.41) is 0.629. The molecule has 0 aliphatic carbocycles. The molecule has 0 radical (unpaired) electrons. The Balaban J connectivity index is 2.35. The zero-order chi connectivity index (χ0) is 19.5. The molecule has 0 bridgehead atoms. The van der Waals surface area contributed by atoms with Crippen LogP contribution in [0.2, 0.25) is 5.02 Å². The van der Waals surface area contributed by atoms with Gasteiger partial charge in [-0.05, 0) is 64.3 Å². The molecule has 1 atom stereocenters. The highest BCUT2D eigenvalue weighted by molar-refractivity contribution is 6.30. The summed E-state index contributed by atoms with van der Waals surface area (Å²) in [6.45, 7) is 10.7. The smallest absolute Gasteiger partial charge is 0.251 e. The van der Waals surface area contributed by atoms with Crippen LogP contribution >= 0.6 is 11.6 Å². The molecule has 0 fully saturated rings. The molecule has 142 valence electrons. The summed E-state index contributed by atoms with van der Waals surface area (Å²) in [4.78, 5) is 12.7. The van der Waals surface area contributed by atoms with E-state index in [1.165, 1.54) is 0 Å². The van der Waals surface area contributed by atoms with Crippen molar-refractivity contribution in [2.45, 2.75) is 52.7 Å². The largest absolute Gasteiger partial charge is 0.495 e. The molecule has 4 nitrogen and oxygen atoms in total. The second-order valence-corrected chi connectivity index (χ2v) is 8.00. The van der Waals surface area contributed by atoms with Gasteiger partial charge in [0.15, 0.2) is 0 Å². The molecule has 1 aromatic carbocycles. The fraction of sp³-hybridized carbons (Fsp3) is 0.476. The number of ether oxygens (including phenoxy) is 2. The van der Waals surface area contributed by atoms with Gasteiger partial charge in [0, 0.05) is 29.3 Å². The van der Waals surface area contributed by atoms with Crippen molar-refractivity contribution < 1.29 is 9.47 Å². The monoisotopic (exact) mass is 377 g/mol. The van der Waals surface area contributed by atoms with Gasteiger partial charge < -0.3 is 14.0 Å². The molecule has 0 N–H and O–H groups in total. The first-order valence-corrected chi connectivity index (χ1v) is 9.21. The Labute approximate surface area is 160 Å². The minimum Gasteiger partial charge on any atom is -0.495 e. The number of benzene rings is 1. The van der Waals surface area contributed by atoms with E-state index in [0.29, 0.717) is 17.4 Å². The van der Waals surface area contributed by atoms with Gasteiger partial charge in [-0.3, -0.25) is 4.79 Å². The first-order chi connectivity index (χ1) is 12.1. The van der Waals surface area contributed by atoms with E-state index in [1.807, 2.05) is 52.8 Å². The molecular formula is C21H28ClNO3. The standard InChI is InChI=1S/C21H28ClNO3/c1-14-7-8-16(22)11-17(14)18-12-20(24)23(13-19(18)25-6)15(2)9-10-26-21(3,4)5/h7-8,11-13,15H,9-10H2,1-6H3. The zero-order valence-corrected chi connectivity index (χ0v) is 17.2. The topological polar surface area (TPSA) is 40.5 Å². The van der Waals surface area contributed by atoms with Crippen molar-refractivity contribution in [3.05, 3.63) is 51.4 Å². The number of methoxy groups -OCH3 is 1. The van der Waals surface area contributed by atoms with Crippen LogP contribution in [0.1, 0.15) is 45.7 Å². The summed E-state index contributed by atoms with van der Waals surface area (Å²) in [5.41, 5.74) is 2.45. The normalized spacial score (nSPS) is 12.9. The van der Waals surface area contributed by atoms with Crippen LogP contribution in [0.25, 0.3) is 11.1 Å². The number of hydrogen-bond donors (Lipinski definition) is 0. The second-order valence-electron chi connectivity index (χ2n) is 7.56. The lowest BCUT2D eigenvalue weighted by Gasteiger charge is -2.22. The minimum absolute atomic E-state index is 0.00765. The van der Waals surface area contributed by atoms with Crippen molar-refractivity contribution >= 4 is 11.6 Å². The maximum Gasteiger partial charge on any atom is 0.251 e. The predicted molar refractivity (Wildman–Crippen MR) is 107 cm³/mol. The summed E-state index contributed by atoms with van der Waals surface area (Å²) in [6, 6.07) is 7.27. The first kappa shape index (κ1) is 20.5. The van der Waals surface area contributed by atoms with E-state index in [9.17, 15) is 4.79 Å². The lowest BCUT2D eigenvalue weighted by atomic mass is 10.0. The van der Waals surface area contributed by atoms with Gasteiger partial charge in [0.1, 0.15) is 5.75 Å². The van der Waals surface area contributed by atoms with Crippen LogP contribution in [-0.2, 0) is 4.74 Å². The first-order valence-electron chi connectivity index (χ1n) is 8.83. The number of hydrogen-bond acceptors (Lipinski definition) is 3. The molecule has 0 amide bonds. The summed E-state index contributed by atoms with van der Waals surface area (Å²) >= 11 is 6.14. The van der Waals surface area contributed by atoms with Gasteiger partial charge in [-0.15, -0.1) is 0 Å². The van der Waals surface area contributed by atoms with E-state index in [-0.39, 0.29) is 17.2 Å². The third-order valence-corrected chi connectivity index (χ3v) is 4.53. The van der Waals surface area contributed by atoms with Gasteiger partial charge in [-0.2, -0.15) is 0 Å². The van der Waals surface area contributed by atoms with Crippen LogP contribution in [0.4, 0.5) is 0 Å². The summed E-state index contributed by atoms with van der Waals surface area (Å²) < 4.78 is 13.0. The summed E-state index contributed by atoms with van der Waals surface area (Å²) in [5.74, 6) is 0.651. The lowest BCUT2D eigenvalue weighted by Crippen LogP contribution is -2.25. The van der Waals surface area contributed by atoms with Crippen LogP contribution < -0.4 is 10.3 Å². The fourth-order valence-electron chi connectivity index (χ4n) is 2.81. The molecule has 1 aromatic heterocycles. The van der Waals surface area contributed by atoms with Gasteiger partial charge in [-0.25, -0.2) is 0 Å². The molecule has 2 rings (SSSR count). The fourth-order valence-corrected chi connectivity index (χ4v) is 2.98. The van der Waals surface area contributed by atoms with E-state index in [1.54, 1.807) is 23.9 Å². The number of pyridine rings is 1. The maximum absolute atomic E-state index is 12.7. The average molecular weight is 378 g/mol. The molecule has 0 aliphatic heterocycles. The SMILES string of the molecule is COc1cn(C(C)CCOC(C)(C)C)c(=O)cc1-c1cc(Cl)ccc1C. The Bertz CT molecular complexity index is 821. The minimum atomic E-state index is -0.184. The van der Waals surface area contributed by atoms with Gasteiger partial charge >= 0.3 is 0 Å². The Kier molecular flexibility index (Phi) is 6.53. The Hall–Kier alpha value is -1.78. The highest BCUT2D eigenvalue weighted by Crippen LogP contribution is 2.33. The zero-order valence-electron chi connectivity index (χ0n) is 16.4. The van der Waals surface area contributed by atoms with Gasteiger partial charge in [0.2, 0.25) is 0 Å². The van der Waals surface area contributed by atoms with Gasteiger partial charge in [0.25, 0.3) is 5.56 Å². The molecule has 0 aliphatic rings. The van der Waals surface area contributed by atoms with Crippen molar-refractivity contribution in [1.82, 2.24) is 4.57 Å². The molecule has 2 aromatic rings. The van der Waals surface area contributed by atoms with Crippen molar-refractivity contribution in [2.24, 2.45) is 0 Å². The van der Waals surface area contributed by atoms with Crippen molar-refractivity contribution in [2.75, 3.05) is 13.7 Å². The molecule has 5 heteroatoms. The van der Waals surface area contributed by atoms with Gasteiger partial charge in [0.05, 0.1) is 18.9 Å². The van der Waals surface area contributed by atoms with E-state index in [2.05, 4.69) is 0 Å². The second kappa shape index (κ2) is 8.28. The number of nitrogens with zero attached hydrogens (tertiary/aromatic N) is 1. The average Bonchev–Trinajstić information content (AvgIpc) is 2.55. The quantitative estimate of drug-likeness (QED) is 0.690. The predicted octanol–water partition coefficient (Wildman–Crippen LogP) is 5.25. The molecule has 1 heterocycles. The van der Waals surface area contributed by atoms with Gasteiger partial charge in [-0.1, -0.05) is 17.7 Å². The molecule has 1 unspecified atom stereocenters. The van der Waals surface area contributed by atoms with Crippen LogP contribution in [0.15, 0.2) is 35.3 Å². The lowest BCUT2D eigenvalue weighted by molar-refractivity contribution is -0.00801. The molecule has 0 saturated carbocycles. The highest BCUT2D eigenvalue weighted by Gasteiger charge is 2.16. The van der Waals surface area contributed by atoms with Crippen molar-refractivity contribution in [1.29, 1.82) is 0 Å². The van der Waals surface area contributed by atoms with Crippen LogP contribution in [-0.4, -0.2) is 23.9 Å². The molecule has 26 heavy (non-hydrogen) atoms. The number of aromatic nitrogens is 1.